The van der Waals surface area contributed by atoms with Crippen LogP contribution in [0.1, 0.15) is 30.8 Å². The predicted molar refractivity (Wildman–Crippen MR) is 106 cm³/mol. The summed E-state index contributed by atoms with van der Waals surface area (Å²) < 4.78 is 0. The van der Waals surface area contributed by atoms with E-state index in [-0.39, 0.29) is 11.9 Å². The first-order chi connectivity index (χ1) is 12.6. The van der Waals surface area contributed by atoms with Crippen molar-refractivity contribution >= 4 is 17.2 Å². The van der Waals surface area contributed by atoms with Crippen LogP contribution in [0.25, 0.3) is 11.4 Å². The lowest BCUT2D eigenvalue weighted by Gasteiger charge is -2.27. The predicted octanol–water partition coefficient (Wildman–Crippen LogP) is 4.57. The normalized spacial score (nSPS) is 10.9. The summed E-state index contributed by atoms with van der Waals surface area (Å²) >= 11 is 1.59. The first kappa shape index (κ1) is 18.3. The third kappa shape index (κ3) is 4.76. The van der Waals surface area contributed by atoms with Crippen LogP contribution in [-0.4, -0.2) is 26.8 Å². The Hall–Kier alpha value is -2.53. The summed E-state index contributed by atoms with van der Waals surface area (Å²) in [7, 11) is 0. The largest absolute Gasteiger partial charge is 0.336 e. The molecule has 0 saturated heterocycles. The van der Waals surface area contributed by atoms with Gasteiger partial charge in [-0.05, 0) is 31.5 Å². The van der Waals surface area contributed by atoms with Gasteiger partial charge in [-0.25, -0.2) is 4.98 Å². The molecule has 5 heteroatoms. The number of nitrogens with zero attached hydrogens (tertiary/aromatic N) is 3. The quantitative estimate of drug-likeness (QED) is 0.616. The Labute approximate surface area is 158 Å². The SMILES string of the molecule is CC(C)N(Cc1ccccc1)C(=O)CCc1nc(-c2ccccn2)cs1. The van der Waals surface area contributed by atoms with Crippen molar-refractivity contribution in [2.45, 2.75) is 39.3 Å². The van der Waals surface area contributed by atoms with Gasteiger partial charge in [0.1, 0.15) is 0 Å². The minimum atomic E-state index is 0.165. The Balaban J connectivity index is 1.61. The summed E-state index contributed by atoms with van der Waals surface area (Å²) in [5.74, 6) is 0.165. The molecule has 2 aromatic heterocycles. The molecule has 0 N–H and O–H groups in total. The number of carbonyl (C=O) groups excluding carboxylic acids is 1. The Morgan fingerprint density at radius 3 is 2.54 bits per heavy atom. The fourth-order valence-electron chi connectivity index (χ4n) is 2.75. The van der Waals surface area contributed by atoms with Crippen molar-refractivity contribution in [2.24, 2.45) is 0 Å². The van der Waals surface area contributed by atoms with Gasteiger partial charge < -0.3 is 4.90 Å². The van der Waals surface area contributed by atoms with Gasteiger partial charge in [0, 0.05) is 37.0 Å². The van der Waals surface area contributed by atoms with Crippen LogP contribution in [0.3, 0.4) is 0 Å². The highest BCUT2D eigenvalue weighted by atomic mass is 32.1. The summed E-state index contributed by atoms with van der Waals surface area (Å²) in [5, 5.41) is 2.98. The summed E-state index contributed by atoms with van der Waals surface area (Å²) in [6.07, 6.45) is 2.90. The number of rotatable bonds is 7. The monoisotopic (exact) mass is 365 g/mol. The molecular formula is C21H23N3OS. The van der Waals surface area contributed by atoms with Crippen LogP contribution in [0, 0.1) is 0 Å². The van der Waals surface area contributed by atoms with Gasteiger partial charge in [0.2, 0.25) is 5.91 Å². The van der Waals surface area contributed by atoms with Gasteiger partial charge in [-0.1, -0.05) is 36.4 Å². The highest BCUT2D eigenvalue weighted by Gasteiger charge is 2.18. The van der Waals surface area contributed by atoms with Gasteiger partial charge in [-0.15, -0.1) is 11.3 Å². The van der Waals surface area contributed by atoms with Gasteiger partial charge in [0.05, 0.1) is 16.4 Å². The number of pyridine rings is 1. The summed E-state index contributed by atoms with van der Waals surface area (Å²) in [6, 6.07) is 16.1. The second kappa shape index (κ2) is 8.72. The van der Waals surface area contributed by atoms with Crippen LogP contribution < -0.4 is 0 Å². The van der Waals surface area contributed by atoms with Crippen LogP contribution in [0.2, 0.25) is 0 Å². The molecule has 3 rings (SSSR count). The molecule has 0 aliphatic carbocycles. The van der Waals surface area contributed by atoms with Gasteiger partial charge >= 0.3 is 0 Å². The van der Waals surface area contributed by atoms with E-state index in [1.54, 1.807) is 17.5 Å². The molecule has 3 aromatic rings. The van der Waals surface area contributed by atoms with Crippen molar-refractivity contribution in [2.75, 3.05) is 0 Å². The van der Waals surface area contributed by atoms with E-state index in [0.29, 0.717) is 19.4 Å². The number of hydrogen-bond acceptors (Lipinski definition) is 4. The minimum Gasteiger partial charge on any atom is -0.336 e. The third-order valence-electron chi connectivity index (χ3n) is 4.17. The first-order valence-electron chi connectivity index (χ1n) is 8.82. The second-order valence-corrected chi connectivity index (χ2v) is 7.39. The van der Waals surface area contributed by atoms with Crippen LogP contribution in [0.5, 0.6) is 0 Å². The summed E-state index contributed by atoms with van der Waals surface area (Å²) in [5.41, 5.74) is 2.90. The molecule has 0 unspecified atom stereocenters. The minimum absolute atomic E-state index is 0.165. The van der Waals surface area contributed by atoms with Crippen LogP contribution >= 0.6 is 11.3 Å². The first-order valence-corrected chi connectivity index (χ1v) is 9.70. The van der Waals surface area contributed by atoms with Crippen molar-refractivity contribution in [3.8, 4) is 11.4 Å². The average molecular weight is 366 g/mol. The molecular weight excluding hydrogens is 342 g/mol. The van der Waals surface area contributed by atoms with Crippen LogP contribution in [0.15, 0.2) is 60.1 Å². The van der Waals surface area contributed by atoms with Gasteiger partial charge in [0.25, 0.3) is 0 Å². The molecule has 0 bridgehead atoms. The molecule has 0 spiro atoms. The van der Waals surface area contributed by atoms with Crippen LogP contribution in [-0.2, 0) is 17.8 Å². The standard InChI is InChI=1S/C21H23N3OS/c1-16(2)24(14-17-8-4-3-5-9-17)21(25)12-11-20-23-19(15-26-20)18-10-6-7-13-22-18/h3-10,13,15-16H,11-12,14H2,1-2H3. The molecule has 0 aliphatic heterocycles. The Morgan fingerprint density at radius 1 is 1.08 bits per heavy atom. The van der Waals surface area contributed by atoms with E-state index in [1.165, 1.54) is 0 Å². The van der Waals surface area contributed by atoms with Crippen molar-refractivity contribution in [3.05, 3.63) is 70.7 Å². The zero-order chi connectivity index (χ0) is 18.4. The Kier molecular flexibility index (Phi) is 6.12. The smallest absolute Gasteiger partial charge is 0.223 e. The number of benzene rings is 1. The molecule has 0 radical (unpaired) electrons. The highest BCUT2D eigenvalue weighted by molar-refractivity contribution is 7.09. The molecule has 4 nitrogen and oxygen atoms in total. The maximum Gasteiger partial charge on any atom is 0.223 e. The molecule has 26 heavy (non-hydrogen) atoms. The Bertz CT molecular complexity index is 831. The number of thiazole rings is 1. The summed E-state index contributed by atoms with van der Waals surface area (Å²) in [4.78, 5) is 23.6. The molecule has 2 heterocycles. The number of aryl methyl sites for hydroxylation is 1. The lowest BCUT2D eigenvalue weighted by Crippen LogP contribution is -2.36. The molecule has 1 amide bonds. The zero-order valence-corrected chi connectivity index (χ0v) is 15.9. The topological polar surface area (TPSA) is 46.1 Å². The molecule has 0 aliphatic rings. The highest BCUT2D eigenvalue weighted by Crippen LogP contribution is 2.21. The van der Waals surface area contributed by atoms with E-state index in [4.69, 9.17) is 0 Å². The van der Waals surface area contributed by atoms with E-state index in [0.717, 1.165) is 22.0 Å². The fraction of sp³-hybridized carbons (Fsp3) is 0.286. The zero-order valence-electron chi connectivity index (χ0n) is 15.1. The van der Waals surface area contributed by atoms with Gasteiger partial charge in [-0.3, -0.25) is 9.78 Å². The van der Waals surface area contributed by atoms with Crippen LogP contribution in [0.4, 0.5) is 0 Å². The van der Waals surface area contributed by atoms with Crippen molar-refractivity contribution in [1.82, 2.24) is 14.9 Å². The van der Waals surface area contributed by atoms with Crippen molar-refractivity contribution in [3.63, 3.8) is 0 Å². The van der Waals surface area contributed by atoms with E-state index in [1.807, 2.05) is 46.7 Å². The summed E-state index contributed by atoms with van der Waals surface area (Å²) in [6.45, 7) is 4.77. The molecule has 0 fully saturated rings. The number of aromatic nitrogens is 2. The Morgan fingerprint density at radius 2 is 1.85 bits per heavy atom. The van der Waals surface area contributed by atoms with E-state index >= 15 is 0 Å². The third-order valence-corrected chi connectivity index (χ3v) is 5.08. The van der Waals surface area contributed by atoms with Gasteiger partial charge in [-0.2, -0.15) is 0 Å². The van der Waals surface area contributed by atoms with Crippen molar-refractivity contribution in [1.29, 1.82) is 0 Å². The molecule has 0 atom stereocenters. The number of amides is 1. The van der Waals surface area contributed by atoms with E-state index in [2.05, 4.69) is 35.9 Å². The van der Waals surface area contributed by atoms with Crippen molar-refractivity contribution < 1.29 is 4.79 Å². The van der Waals surface area contributed by atoms with Gasteiger partial charge in [0.15, 0.2) is 0 Å². The number of carbonyl (C=O) groups is 1. The molecule has 1 aromatic carbocycles. The lowest BCUT2D eigenvalue weighted by atomic mass is 10.1. The molecule has 0 saturated carbocycles. The average Bonchev–Trinajstić information content (AvgIpc) is 3.14. The number of hydrogen-bond donors (Lipinski definition) is 0. The lowest BCUT2D eigenvalue weighted by molar-refractivity contribution is -0.133. The maximum absolute atomic E-state index is 12.7. The molecule has 134 valence electrons. The second-order valence-electron chi connectivity index (χ2n) is 6.44. The van der Waals surface area contributed by atoms with E-state index in [9.17, 15) is 4.79 Å². The fourth-order valence-corrected chi connectivity index (χ4v) is 3.55. The maximum atomic E-state index is 12.7. The van der Waals surface area contributed by atoms with E-state index < -0.39 is 0 Å².